The first-order valence-electron chi connectivity index (χ1n) is 6.30. The lowest BCUT2D eigenvalue weighted by Crippen LogP contribution is -2.13. The van der Waals surface area contributed by atoms with Crippen LogP contribution in [-0.2, 0) is 10.0 Å². The highest BCUT2D eigenvalue weighted by atomic mass is 35.5. The molecule has 2 aromatic heterocycles. The fourth-order valence-electron chi connectivity index (χ4n) is 1.86. The number of hydrogen-bond donors (Lipinski definition) is 1. The van der Waals surface area contributed by atoms with Crippen LogP contribution in [0.1, 0.15) is 0 Å². The van der Waals surface area contributed by atoms with Gasteiger partial charge in [-0.25, -0.2) is 18.1 Å². The van der Waals surface area contributed by atoms with Crippen molar-refractivity contribution < 1.29 is 8.42 Å². The molecular weight excluding hydrogens is 324 g/mol. The summed E-state index contributed by atoms with van der Waals surface area (Å²) < 4.78 is 28.6. The Balaban J connectivity index is 1.86. The first kappa shape index (κ1) is 14.6. The molecule has 0 aliphatic carbocycles. The van der Waals surface area contributed by atoms with Gasteiger partial charge in [-0.2, -0.15) is 5.10 Å². The van der Waals surface area contributed by atoms with Gasteiger partial charge in [0.25, 0.3) is 10.0 Å². The third kappa shape index (κ3) is 2.95. The maximum Gasteiger partial charge on any atom is 0.263 e. The zero-order chi connectivity index (χ0) is 15.6. The highest BCUT2D eigenvalue weighted by Gasteiger charge is 2.17. The minimum absolute atomic E-state index is 0.0211. The summed E-state index contributed by atoms with van der Waals surface area (Å²) in [6, 6.07) is 11.3. The molecular formula is C14H11ClN4O2S. The van der Waals surface area contributed by atoms with E-state index in [4.69, 9.17) is 11.6 Å². The van der Waals surface area contributed by atoms with E-state index in [1.165, 1.54) is 18.3 Å². The lowest BCUT2D eigenvalue weighted by atomic mass is 10.4. The maximum absolute atomic E-state index is 12.3. The molecule has 0 aliphatic rings. The third-order valence-corrected chi connectivity index (χ3v) is 4.75. The van der Waals surface area contributed by atoms with Gasteiger partial charge in [-0.05, 0) is 30.3 Å². The standard InChI is InChI=1S/C14H11ClN4O2S/c15-12-4-1-2-5-13(12)22(20,21)18-11-6-7-14(16-10-11)19-9-3-8-17-19/h1-10,18H. The number of rotatable bonds is 4. The molecule has 0 amide bonds. The maximum atomic E-state index is 12.3. The van der Waals surface area contributed by atoms with Gasteiger partial charge in [0, 0.05) is 12.4 Å². The van der Waals surface area contributed by atoms with Crippen LogP contribution in [0.2, 0.25) is 5.02 Å². The van der Waals surface area contributed by atoms with Gasteiger partial charge in [-0.1, -0.05) is 23.7 Å². The minimum Gasteiger partial charge on any atom is -0.278 e. The zero-order valence-electron chi connectivity index (χ0n) is 11.2. The Morgan fingerprint density at radius 1 is 1.09 bits per heavy atom. The van der Waals surface area contributed by atoms with Crippen LogP contribution in [0.3, 0.4) is 0 Å². The summed E-state index contributed by atoms with van der Waals surface area (Å²) in [6.07, 6.45) is 4.80. The van der Waals surface area contributed by atoms with Gasteiger partial charge in [-0.15, -0.1) is 0 Å². The summed E-state index contributed by atoms with van der Waals surface area (Å²) in [6.45, 7) is 0. The van der Waals surface area contributed by atoms with Crippen LogP contribution in [0.25, 0.3) is 5.82 Å². The number of hydrogen-bond acceptors (Lipinski definition) is 4. The molecule has 8 heteroatoms. The fraction of sp³-hybridized carbons (Fsp3) is 0. The molecule has 3 aromatic rings. The summed E-state index contributed by atoms with van der Waals surface area (Å²) in [5.74, 6) is 0.589. The second-order valence-electron chi connectivity index (χ2n) is 4.39. The molecule has 0 saturated carbocycles. The van der Waals surface area contributed by atoms with Gasteiger partial charge in [0.15, 0.2) is 5.82 Å². The Hall–Kier alpha value is -2.38. The minimum atomic E-state index is -3.76. The molecule has 0 bridgehead atoms. The average Bonchev–Trinajstić information content (AvgIpc) is 3.02. The largest absolute Gasteiger partial charge is 0.278 e. The van der Waals surface area contributed by atoms with E-state index < -0.39 is 10.0 Å². The van der Waals surface area contributed by atoms with Crippen molar-refractivity contribution in [3.8, 4) is 5.82 Å². The first-order valence-corrected chi connectivity index (χ1v) is 8.16. The van der Waals surface area contributed by atoms with Crippen molar-refractivity contribution in [3.63, 3.8) is 0 Å². The molecule has 1 N–H and O–H groups in total. The van der Waals surface area contributed by atoms with Crippen molar-refractivity contribution >= 4 is 27.3 Å². The van der Waals surface area contributed by atoms with Gasteiger partial charge in [0.05, 0.1) is 16.9 Å². The topological polar surface area (TPSA) is 76.9 Å². The van der Waals surface area contributed by atoms with E-state index in [1.54, 1.807) is 47.4 Å². The van der Waals surface area contributed by atoms with E-state index in [1.807, 2.05) is 0 Å². The Kier molecular flexibility index (Phi) is 3.82. The molecule has 3 rings (SSSR count). The number of nitrogens with one attached hydrogen (secondary N) is 1. The third-order valence-electron chi connectivity index (χ3n) is 2.87. The lowest BCUT2D eigenvalue weighted by Gasteiger charge is -2.09. The zero-order valence-corrected chi connectivity index (χ0v) is 12.8. The first-order chi connectivity index (χ1) is 10.6. The number of pyridine rings is 1. The normalized spacial score (nSPS) is 11.3. The second-order valence-corrected chi connectivity index (χ2v) is 6.45. The summed E-state index contributed by atoms with van der Waals surface area (Å²) in [5.41, 5.74) is 0.343. The van der Waals surface area contributed by atoms with Gasteiger partial charge < -0.3 is 0 Å². The molecule has 0 fully saturated rings. The SMILES string of the molecule is O=S(=O)(Nc1ccc(-n2cccn2)nc1)c1ccccc1Cl. The van der Waals surface area contributed by atoms with E-state index in [0.717, 1.165) is 0 Å². The summed E-state index contributed by atoms with van der Waals surface area (Å²) in [7, 11) is -3.76. The van der Waals surface area contributed by atoms with Crippen molar-refractivity contribution in [1.82, 2.24) is 14.8 Å². The van der Waals surface area contributed by atoms with E-state index >= 15 is 0 Å². The summed E-state index contributed by atoms with van der Waals surface area (Å²) in [5, 5.41) is 4.21. The van der Waals surface area contributed by atoms with Crippen LogP contribution < -0.4 is 4.72 Å². The van der Waals surface area contributed by atoms with Gasteiger partial charge in [0.2, 0.25) is 0 Å². The summed E-state index contributed by atoms with van der Waals surface area (Å²) in [4.78, 5) is 4.18. The molecule has 1 aromatic carbocycles. The predicted molar refractivity (Wildman–Crippen MR) is 83.6 cm³/mol. The number of anilines is 1. The van der Waals surface area contributed by atoms with Crippen molar-refractivity contribution in [2.24, 2.45) is 0 Å². The van der Waals surface area contributed by atoms with Crippen LogP contribution in [0.5, 0.6) is 0 Å². The Morgan fingerprint density at radius 2 is 1.91 bits per heavy atom. The Labute approximate surface area is 132 Å². The molecule has 0 saturated heterocycles. The van der Waals surface area contributed by atoms with E-state index in [0.29, 0.717) is 11.5 Å². The predicted octanol–water partition coefficient (Wildman–Crippen LogP) is 2.72. The van der Waals surface area contributed by atoms with Crippen LogP contribution in [-0.4, -0.2) is 23.2 Å². The number of benzene rings is 1. The van der Waals surface area contributed by atoms with Crippen molar-refractivity contribution in [3.05, 3.63) is 66.1 Å². The van der Waals surface area contributed by atoms with Crippen LogP contribution in [0, 0.1) is 0 Å². The van der Waals surface area contributed by atoms with Gasteiger partial charge >= 0.3 is 0 Å². The molecule has 112 valence electrons. The quantitative estimate of drug-likeness (QED) is 0.795. The molecule has 6 nitrogen and oxygen atoms in total. The fourth-order valence-corrected chi connectivity index (χ4v) is 3.42. The number of sulfonamides is 1. The smallest absolute Gasteiger partial charge is 0.263 e. The molecule has 2 heterocycles. The number of aromatic nitrogens is 3. The Bertz CT molecular complexity index is 877. The molecule has 0 spiro atoms. The monoisotopic (exact) mass is 334 g/mol. The van der Waals surface area contributed by atoms with E-state index in [-0.39, 0.29) is 9.92 Å². The van der Waals surface area contributed by atoms with Crippen molar-refractivity contribution in [2.45, 2.75) is 4.90 Å². The molecule has 0 atom stereocenters. The second kappa shape index (κ2) is 5.78. The van der Waals surface area contributed by atoms with Crippen LogP contribution in [0.4, 0.5) is 5.69 Å². The Morgan fingerprint density at radius 3 is 2.55 bits per heavy atom. The number of halogens is 1. The van der Waals surface area contributed by atoms with Gasteiger partial charge in [0.1, 0.15) is 4.90 Å². The molecule has 0 unspecified atom stereocenters. The van der Waals surface area contributed by atoms with Crippen molar-refractivity contribution in [1.29, 1.82) is 0 Å². The highest BCUT2D eigenvalue weighted by molar-refractivity contribution is 7.92. The van der Waals surface area contributed by atoms with Crippen LogP contribution in [0.15, 0.2) is 66.0 Å². The average molecular weight is 335 g/mol. The molecule has 0 aliphatic heterocycles. The van der Waals surface area contributed by atoms with E-state index in [2.05, 4.69) is 14.8 Å². The number of nitrogens with zero attached hydrogens (tertiary/aromatic N) is 3. The van der Waals surface area contributed by atoms with Crippen molar-refractivity contribution in [2.75, 3.05) is 4.72 Å². The highest BCUT2D eigenvalue weighted by Crippen LogP contribution is 2.23. The summed E-state index contributed by atoms with van der Waals surface area (Å²) >= 11 is 5.92. The lowest BCUT2D eigenvalue weighted by molar-refractivity contribution is 0.601. The van der Waals surface area contributed by atoms with E-state index in [9.17, 15) is 8.42 Å². The molecule has 22 heavy (non-hydrogen) atoms. The van der Waals surface area contributed by atoms with Gasteiger partial charge in [-0.3, -0.25) is 4.72 Å². The van der Waals surface area contributed by atoms with Crippen LogP contribution >= 0.6 is 11.6 Å². The molecule has 0 radical (unpaired) electrons.